The summed E-state index contributed by atoms with van der Waals surface area (Å²) in [6.45, 7) is 4.61. The highest BCUT2D eigenvalue weighted by molar-refractivity contribution is 6.52. The number of Topliss-reactive ketones (excluding diaryl/α,β-unsaturated/α-hetero) is 1. The molecule has 1 aliphatic rings. The number of ketones is 1. The molecule has 1 N–H and O–H groups in total. The molecular formula is C31H26ClNO4. The second-order valence-electron chi connectivity index (χ2n) is 9.45. The minimum Gasteiger partial charge on any atom is -0.507 e. The zero-order valence-corrected chi connectivity index (χ0v) is 21.3. The van der Waals surface area contributed by atoms with Crippen LogP contribution in [0.1, 0.15) is 31.0 Å². The average molecular weight is 512 g/mol. The highest BCUT2D eigenvalue weighted by atomic mass is 35.5. The topological polar surface area (TPSA) is 66.8 Å². The molecule has 0 saturated carbocycles. The van der Waals surface area contributed by atoms with Crippen molar-refractivity contribution in [2.24, 2.45) is 5.92 Å². The van der Waals surface area contributed by atoms with Crippen LogP contribution in [0.5, 0.6) is 5.75 Å². The van der Waals surface area contributed by atoms with Crippen LogP contribution in [0.4, 0.5) is 5.69 Å². The van der Waals surface area contributed by atoms with Crippen LogP contribution in [-0.2, 0) is 9.59 Å². The number of nitrogens with zero attached hydrogens (tertiary/aromatic N) is 1. The van der Waals surface area contributed by atoms with Gasteiger partial charge in [0, 0.05) is 16.3 Å². The molecule has 0 aromatic heterocycles. The van der Waals surface area contributed by atoms with E-state index < -0.39 is 17.7 Å². The van der Waals surface area contributed by atoms with Crippen molar-refractivity contribution in [1.82, 2.24) is 0 Å². The molecule has 4 aromatic rings. The van der Waals surface area contributed by atoms with Gasteiger partial charge in [-0.2, -0.15) is 0 Å². The molecule has 37 heavy (non-hydrogen) atoms. The molecule has 0 spiro atoms. The number of amides is 1. The Morgan fingerprint density at radius 3 is 2.41 bits per heavy atom. The lowest BCUT2D eigenvalue weighted by Crippen LogP contribution is -2.29. The summed E-state index contributed by atoms with van der Waals surface area (Å²) < 4.78 is 5.83. The molecule has 1 fully saturated rings. The SMILES string of the molecule is CC(C)COc1cccc(/C(O)=C2/C(=O)C(=O)N(c3ccc(Cl)cc3)C2c2cccc3ccccc23)c1. The van der Waals surface area contributed by atoms with Crippen LogP contribution in [0.25, 0.3) is 16.5 Å². The normalized spacial score (nSPS) is 17.1. The number of halogens is 1. The van der Waals surface area contributed by atoms with E-state index in [-0.39, 0.29) is 11.3 Å². The number of hydrogen-bond donors (Lipinski definition) is 1. The first-order chi connectivity index (χ1) is 17.8. The molecule has 1 atom stereocenters. The smallest absolute Gasteiger partial charge is 0.300 e. The van der Waals surface area contributed by atoms with Gasteiger partial charge in [-0.05, 0) is 58.7 Å². The zero-order valence-electron chi connectivity index (χ0n) is 20.5. The van der Waals surface area contributed by atoms with Gasteiger partial charge in [-0.1, -0.05) is 80.0 Å². The third-order valence-corrected chi connectivity index (χ3v) is 6.61. The molecule has 5 nitrogen and oxygen atoms in total. The Kier molecular flexibility index (Phi) is 6.72. The van der Waals surface area contributed by atoms with E-state index in [4.69, 9.17) is 16.3 Å². The molecule has 186 valence electrons. The van der Waals surface area contributed by atoms with Gasteiger partial charge in [0.2, 0.25) is 0 Å². The van der Waals surface area contributed by atoms with Crippen molar-refractivity contribution in [3.8, 4) is 5.75 Å². The quantitative estimate of drug-likeness (QED) is 0.169. The summed E-state index contributed by atoms with van der Waals surface area (Å²) >= 11 is 6.10. The van der Waals surface area contributed by atoms with Crippen molar-refractivity contribution < 1.29 is 19.4 Å². The number of ether oxygens (including phenoxy) is 1. The number of carbonyl (C=O) groups is 2. The molecule has 0 radical (unpaired) electrons. The number of aliphatic hydroxyl groups excluding tert-OH is 1. The molecule has 1 aliphatic heterocycles. The second-order valence-corrected chi connectivity index (χ2v) is 9.88. The van der Waals surface area contributed by atoms with Crippen molar-refractivity contribution >= 4 is 45.5 Å². The number of carbonyl (C=O) groups excluding carboxylic acids is 2. The Morgan fingerprint density at radius 1 is 0.946 bits per heavy atom. The highest BCUT2D eigenvalue weighted by Crippen LogP contribution is 2.44. The van der Waals surface area contributed by atoms with E-state index in [1.54, 1.807) is 48.5 Å². The summed E-state index contributed by atoms with van der Waals surface area (Å²) in [5.41, 5.74) is 1.68. The standard InChI is InChI=1S/C31H26ClNO4/c1-19(2)18-37-24-10-5-9-21(17-24)29(34)27-28(26-12-6-8-20-7-3-4-11-25(20)26)33(31(36)30(27)35)23-15-13-22(32)14-16-23/h3-17,19,28,34H,18H2,1-2H3/b29-27-. The van der Waals surface area contributed by atoms with Gasteiger partial charge in [0.05, 0.1) is 18.2 Å². The minimum atomic E-state index is -0.840. The maximum absolute atomic E-state index is 13.5. The number of anilines is 1. The molecule has 1 amide bonds. The lowest BCUT2D eigenvalue weighted by molar-refractivity contribution is -0.132. The van der Waals surface area contributed by atoms with Crippen LogP contribution in [0.2, 0.25) is 5.02 Å². The fraction of sp³-hybridized carbons (Fsp3) is 0.161. The predicted octanol–water partition coefficient (Wildman–Crippen LogP) is 7.15. The monoisotopic (exact) mass is 511 g/mol. The van der Waals surface area contributed by atoms with E-state index in [0.717, 1.165) is 16.3 Å². The molecular weight excluding hydrogens is 486 g/mol. The van der Waals surface area contributed by atoms with Crippen molar-refractivity contribution in [2.45, 2.75) is 19.9 Å². The van der Waals surface area contributed by atoms with E-state index >= 15 is 0 Å². The first-order valence-electron chi connectivity index (χ1n) is 12.1. The Hall–Kier alpha value is -4.09. The van der Waals surface area contributed by atoms with E-state index in [0.29, 0.717) is 34.5 Å². The largest absolute Gasteiger partial charge is 0.507 e. The summed E-state index contributed by atoms with van der Waals surface area (Å²) in [5, 5.41) is 13.9. The van der Waals surface area contributed by atoms with Gasteiger partial charge in [0.1, 0.15) is 11.5 Å². The van der Waals surface area contributed by atoms with Crippen molar-refractivity contribution in [1.29, 1.82) is 0 Å². The summed E-state index contributed by atoms with van der Waals surface area (Å²) in [7, 11) is 0. The summed E-state index contributed by atoms with van der Waals surface area (Å²) in [6.07, 6.45) is 0. The summed E-state index contributed by atoms with van der Waals surface area (Å²) in [5.74, 6) is -0.810. The Bertz CT molecular complexity index is 1520. The summed E-state index contributed by atoms with van der Waals surface area (Å²) in [4.78, 5) is 28.4. The average Bonchev–Trinajstić information content (AvgIpc) is 3.17. The minimum absolute atomic E-state index is 0.0253. The highest BCUT2D eigenvalue weighted by Gasteiger charge is 2.47. The van der Waals surface area contributed by atoms with Gasteiger partial charge in [-0.3, -0.25) is 14.5 Å². The maximum atomic E-state index is 13.5. The molecule has 0 aliphatic carbocycles. The number of fused-ring (bicyclic) bond motifs is 1. The van der Waals surface area contributed by atoms with Crippen molar-refractivity contribution in [2.75, 3.05) is 11.5 Å². The van der Waals surface area contributed by atoms with Gasteiger partial charge in [0.25, 0.3) is 11.7 Å². The Morgan fingerprint density at radius 2 is 1.65 bits per heavy atom. The Labute approximate surface area is 220 Å². The van der Waals surface area contributed by atoms with Crippen molar-refractivity contribution in [3.05, 3.63) is 113 Å². The van der Waals surface area contributed by atoms with Crippen LogP contribution >= 0.6 is 11.6 Å². The van der Waals surface area contributed by atoms with Gasteiger partial charge in [-0.25, -0.2) is 0 Å². The van der Waals surface area contributed by atoms with Gasteiger partial charge in [0.15, 0.2) is 0 Å². The van der Waals surface area contributed by atoms with Crippen LogP contribution in [-0.4, -0.2) is 23.4 Å². The van der Waals surface area contributed by atoms with E-state index in [1.165, 1.54) is 4.90 Å². The van der Waals surface area contributed by atoms with Gasteiger partial charge < -0.3 is 9.84 Å². The third kappa shape index (κ3) is 4.70. The Balaban J connectivity index is 1.72. The molecule has 4 aromatic carbocycles. The number of rotatable bonds is 6. The lowest BCUT2D eigenvalue weighted by Gasteiger charge is -2.26. The predicted molar refractivity (Wildman–Crippen MR) is 147 cm³/mol. The lowest BCUT2D eigenvalue weighted by atomic mass is 9.91. The van der Waals surface area contributed by atoms with Crippen LogP contribution in [0, 0.1) is 5.92 Å². The maximum Gasteiger partial charge on any atom is 0.300 e. The number of benzene rings is 4. The molecule has 5 rings (SSSR count). The van der Waals surface area contributed by atoms with Crippen LogP contribution in [0.15, 0.2) is 96.6 Å². The van der Waals surface area contributed by atoms with E-state index in [2.05, 4.69) is 0 Å². The zero-order chi connectivity index (χ0) is 26.1. The number of aliphatic hydroxyl groups is 1. The molecule has 1 heterocycles. The first-order valence-corrected chi connectivity index (χ1v) is 12.5. The molecule has 1 unspecified atom stereocenters. The van der Waals surface area contributed by atoms with Crippen LogP contribution in [0.3, 0.4) is 0 Å². The fourth-order valence-electron chi connectivity index (χ4n) is 4.64. The number of hydrogen-bond acceptors (Lipinski definition) is 4. The third-order valence-electron chi connectivity index (χ3n) is 6.36. The van der Waals surface area contributed by atoms with Crippen molar-refractivity contribution in [3.63, 3.8) is 0 Å². The second kappa shape index (κ2) is 10.1. The fourth-order valence-corrected chi connectivity index (χ4v) is 4.76. The molecule has 1 saturated heterocycles. The molecule has 0 bridgehead atoms. The van der Waals surface area contributed by atoms with Gasteiger partial charge >= 0.3 is 0 Å². The molecule has 6 heteroatoms. The summed E-state index contributed by atoms with van der Waals surface area (Å²) in [6, 6.07) is 26.4. The van der Waals surface area contributed by atoms with Crippen LogP contribution < -0.4 is 9.64 Å². The first kappa shape index (κ1) is 24.6. The van der Waals surface area contributed by atoms with E-state index in [1.807, 2.05) is 56.3 Å². The van der Waals surface area contributed by atoms with E-state index in [9.17, 15) is 14.7 Å². The van der Waals surface area contributed by atoms with Gasteiger partial charge in [-0.15, -0.1) is 0 Å².